The Morgan fingerprint density at radius 3 is 2.44 bits per heavy atom. The number of carbonyl (C=O) groups is 1. The van der Waals surface area contributed by atoms with Gasteiger partial charge >= 0.3 is 0 Å². The summed E-state index contributed by atoms with van der Waals surface area (Å²) in [6.07, 6.45) is 2.09. The normalized spacial score (nSPS) is 10.4. The SMILES string of the molecule is Cn1cc(C=O)c(-c2cc(F)cc(F)c2)n1. The van der Waals surface area contributed by atoms with E-state index in [9.17, 15) is 13.6 Å². The first kappa shape index (κ1) is 10.5. The number of rotatable bonds is 2. The molecule has 0 atom stereocenters. The van der Waals surface area contributed by atoms with Crippen molar-refractivity contribution >= 4 is 6.29 Å². The van der Waals surface area contributed by atoms with Gasteiger partial charge in [-0.15, -0.1) is 0 Å². The highest BCUT2D eigenvalue weighted by Gasteiger charge is 2.11. The minimum Gasteiger partial charge on any atom is -0.298 e. The third-order valence-electron chi connectivity index (χ3n) is 2.12. The number of hydrogen-bond acceptors (Lipinski definition) is 2. The lowest BCUT2D eigenvalue weighted by Gasteiger charge is -1.99. The van der Waals surface area contributed by atoms with Gasteiger partial charge in [-0.05, 0) is 12.1 Å². The number of aldehydes is 1. The van der Waals surface area contributed by atoms with E-state index in [-0.39, 0.29) is 11.3 Å². The van der Waals surface area contributed by atoms with Crippen molar-refractivity contribution in [2.24, 2.45) is 7.05 Å². The molecule has 82 valence electrons. The predicted molar refractivity (Wildman–Crippen MR) is 53.9 cm³/mol. The second kappa shape index (κ2) is 3.84. The fourth-order valence-corrected chi connectivity index (χ4v) is 1.51. The van der Waals surface area contributed by atoms with E-state index >= 15 is 0 Å². The van der Waals surface area contributed by atoms with Gasteiger partial charge in [0.05, 0.1) is 5.56 Å². The van der Waals surface area contributed by atoms with E-state index in [1.54, 1.807) is 7.05 Å². The standard InChI is InChI=1S/C11H8F2N2O/c1-15-5-8(6-16)11(14-15)7-2-9(12)4-10(13)3-7/h2-6H,1H3. The number of carbonyl (C=O) groups excluding carboxylic acids is 1. The smallest absolute Gasteiger partial charge is 0.153 e. The Hall–Kier alpha value is -2.04. The van der Waals surface area contributed by atoms with E-state index in [0.29, 0.717) is 11.8 Å². The van der Waals surface area contributed by atoms with Crippen molar-refractivity contribution in [3.8, 4) is 11.3 Å². The number of hydrogen-bond donors (Lipinski definition) is 0. The van der Waals surface area contributed by atoms with Crippen molar-refractivity contribution in [2.75, 3.05) is 0 Å². The first-order chi connectivity index (χ1) is 7.60. The highest BCUT2D eigenvalue weighted by molar-refractivity contribution is 5.85. The van der Waals surface area contributed by atoms with Gasteiger partial charge in [-0.25, -0.2) is 8.78 Å². The second-order valence-corrected chi connectivity index (χ2v) is 3.38. The first-order valence-electron chi connectivity index (χ1n) is 4.55. The lowest BCUT2D eigenvalue weighted by molar-refractivity contribution is 0.112. The molecule has 0 saturated heterocycles. The lowest BCUT2D eigenvalue weighted by atomic mass is 10.1. The van der Waals surface area contributed by atoms with E-state index in [1.807, 2.05) is 0 Å². The Bertz CT molecular complexity index is 529. The summed E-state index contributed by atoms with van der Waals surface area (Å²) in [5, 5.41) is 3.99. The molecule has 0 N–H and O–H groups in total. The van der Waals surface area contributed by atoms with E-state index in [2.05, 4.69) is 5.10 Å². The van der Waals surface area contributed by atoms with Crippen LogP contribution >= 0.6 is 0 Å². The van der Waals surface area contributed by atoms with E-state index < -0.39 is 11.6 Å². The zero-order valence-electron chi connectivity index (χ0n) is 8.45. The molecule has 0 aliphatic carbocycles. The minimum absolute atomic E-state index is 0.250. The predicted octanol–water partition coefficient (Wildman–Crippen LogP) is 2.18. The van der Waals surface area contributed by atoms with Crippen LogP contribution in [0.3, 0.4) is 0 Å². The summed E-state index contributed by atoms with van der Waals surface area (Å²) in [5.74, 6) is -1.39. The van der Waals surface area contributed by atoms with Crippen LogP contribution in [0.25, 0.3) is 11.3 Å². The van der Waals surface area contributed by atoms with Gasteiger partial charge in [-0.1, -0.05) is 0 Å². The largest absolute Gasteiger partial charge is 0.298 e. The number of aryl methyl sites for hydroxylation is 1. The van der Waals surface area contributed by atoms with Gasteiger partial charge in [0, 0.05) is 24.9 Å². The van der Waals surface area contributed by atoms with Crippen LogP contribution in [0.4, 0.5) is 8.78 Å². The number of aromatic nitrogens is 2. The Morgan fingerprint density at radius 1 is 1.25 bits per heavy atom. The molecule has 0 spiro atoms. The van der Waals surface area contributed by atoms with Gasteiger partial charge in [-0.2, -0.15) is 5.10 Å². The molecule has 0 bridgehead atoms. The fourth-order valence-electron chi connectivity index (χ4n) is 1.51. The van der Waals surface area contributed by atoms with Gasteiger partial charge in [0.2, 0.25) is 0 Å². The maximum absolute atomic E-state index is 13.0. The van der Waals surface area contributed by atoms with Gasteiger partial charge < -0.3 is 0 Å². The highest BCUT2D eigenvalue weighted by Crippen LogP contribution is 2.22. The maximum atomic E-state index is 13.0. The molecule has 3 nitrogen and oxygen atoms in total. The van der Waals surface area contributed by atoms with E-state index in [0.717, 1.165) is 18.2 Å². The van der Waals surface area contributed by atoms with Crippen LogP contribution in [0.5, 0.6) is 0 Å². The molecule has 16 heavy (non-hydrogen) atoms. The average molecular weight is 222 g/mol. The monoisotopic (exact) mass is 222 g/mol. The number of halogens is 2. The molecule has 2 rings (SSSR count). The molecule has 1 aromatic heterocycles. The Labute approximate surface area is 90.3 Å². The molecular formula is C11H8F2N2O. The maximum Gasteiger partial charge on any atom is 0.153 e. The summed E-state index contributed by atoms with van der Waals surface area (Å²) in [4.78, 5) is 10.7. The molecule has 0 aliphatic rings. The molecule has 5 heteroatoms. The molecule has 0 unspecified atom stereocenters. The minimum atomic E-state index is -0.697. The molecular weight excluding hydrogens is 214 g/mol. The molecule has 0 saturated carbocycles. The quantitative estimate of drug-likeness (QED) is 0.730. The van der Waals surface area contributed by atoms with Gasteiger partial charge in [0.25, 0.3) is 0 Å². The lowest BCUT2D eigenvalue weighted by Crippen LogP contribution is -1.90. The van der Waals surface area contributed by atoms with Crippen LogP contribution in [-0.2, 0) is 7.05 Å². The van der Waals surface area contributed by atoms with E-state index in [4.69, 9.17) is 0 Å². The third kappa shape index (κ3) is 1.84. The Balaban J connectivity index is 2.61. The molecule has 2 aromatic rings. The van der Waals surface area contributed by atoms with Crippen LogP contribution < -0.4 is 0 Å². The van der Waals surface area contributed by atoms with Crippen molar-refractivity contribution in [3.05, 3.63) is 41.6 Å². The molecule has 0 fully saturated rings. The second-order valence-electron chi connectivity index (χ2n) is 3.38. The topological polar surface area (TPSA) is 34.9 Å². The molecule has 1 heterocycles. The summed E-state index contributed by atoms with van der Waals surface area (Å²) < 4.78 is 27.4. The highest BCUT2D eigenvalue weighted by atomic mass is 19.1. The third-order valence-corrected chi connectivity index (χ3v) is 2.12. The number of benzene rings is 1. The van der Waals surface area contributed by atoms with Crippen LogP contribution in [0, 0.1) is 11.6 Å². The first-order valence-corrected chi connectivity index (χ1v) is 4.55. The average Bonchev–Trinajstić information content (AvgIpc) is 2.58. The van der Waals surface area contributed by atoms with Crippen molar-refractivity contribution in [3.63, 3.8) is 0 Å². The van der Waals surface area contributed by atoms with Crippen LogP contribution in [0.2, 0.25) is 0 Å². The number of nitrogens with zero attached hydrogens (tertiary/aromatic N) is 2. The Kier molecular flexibility index (Phi) is 2.52. The van der Waals surface area contributed by atoms with Crippen molar-refractivity contribution < 1.29 is 13.6 Å². The molecule has 0 radical (unpaired) electrons. The fraction of sp³-hybridized carbons (Fsp3) is 0.0909. The van der Waals surface area contributed by atoms with Gasteiger partial charge in [0.15, 0.2) is 6.29 Å². The van der Waals surface area contributed by atoms with E-state index in [1.165, 1.54) is 10.9 Å². The Morgan fingerprint density at radius 2 is 1.88 bits per heavy atom. The molecule has 0 aliphatic heterocycles. The zero-order chi connectivity index (χ0) is 11.7. The summed E-state index contributed by atoms with van der Waals surface area (Å²) in [6, 6.07) is 3.05. The summed E-state index contributed by atoms with van der Waals surface area (Å²) in [5.41, 5.74) is 0.823. The van der Waals surface area contributed by atoms with Crippen LogP contribution in [0.1, 0.15) is 10.4 Å². The van der Waals surface area contributed by atoms with Crippen molar-refractivity contribution in [1.29, 1.82) is 0 Å². The van der Waals surface area contributed by atoms with Crippen molar-refractivity contribution in [1.82, 2.24) is 9.78 Å². The molecule has 1 aromatic carbocycles. The zero-order valence-corrected chi connectivity index (χ0v) is 8.45. The summed E-state index contributed by atoms with van der Waals surface area (Å²) >= 11 is 0. The van der Waals surface area contributed by atoms with Crippen molar-refractivity contribution in [2.45, 2.75) is 0 Å². The van der Waals surface area contributed by atoms with Gasteiger partial charge in [-0.3, -0.25) is 9.48 Å². The van der Waals surface area contributed by atoms with Crippen LogP contribution in [0.15, 0.2) is 24.4 Å². The van der Waals surface area contributed by atoms with Crippen LogP contribution in [-0.4, -0.2) is 16.1 Å². The summed E-state index contributed by atoms with van der Waals surface area (Å²) in [7, 11) is 1.63. The molecule has 0 amide bonds. The summed E-state index contributed by atoms with van der Waals surface area (Å²) in [6.45, 7) is 0. The van der Waals surface area contributed by atoms with Gasteiger partial charge in [0.1, 0.15) is 17.3 Å².